The van der Waals surface area contributed by atoms with E-state index in [0.29, 0.717) is 12.0 Å². The fourth-order valence-corrected chi connectivity index (χ4v) is 6.96. The number of hydrogen-bond acceptors (Lipinski definition) is 7. The van der Waals surface area contributed by atoms with Gasteiger partial charge in [0.2, 0.25) is 23.6 Å². The second-order valence-corrected chi connectivity index (χ2v) is 15.1. The van der Waals surface area contributed by atoms with Crippen LogP contribution in [0.4, 0.5) is 8.78 Å². The smallest absolute Gasteiger partial charge is 0.243 e. The number of likely N-dealkylation sites (tertiary alicyclic amines) is 1. The Bertz CT molecular complexity index is 2300. The molecule has 1 saturated heterocycles. The van der Waals surface area contributed by atoms with Gasteiger partial charge in [-0.2, -0.15) is 0 Å². The first kappa shape index (κ1) is 46.8. The van der Waals surface area contributed by atoms with Crippen LogP contribution in [0.2, 0.25) is 0 Å². The topological polar surface area (TPSA) is 206 Å². The Balaban J connectivity index is 1.32. The van der Waals surface area contributed by atoms with E-state index in [2.05, 4.69) is 20.9 Å². The molecule has 3 atom stereocenters. The van der Waals surface area contributed by atoms with Crippen LogP contribution < -0.4 is 27.4 Å². The summed E-state index contributed by atoms with van der Waals surface area (Å²) in [5.41, 5.74) is 12.7. The molecule has 0 aromatic heterocycles. The third kappa shape index (κ3) is 14.4. The largest absolute Gasteiger partial charge is 0.370 e. The molecule has 4 aromatic carbocycles. The molecule has 1 fully saturated rings. The number of halogens is 2. The van der Waals surface area contributed by atoms with Gasteiger partial charge in [-0.25, -0.2) is 8.78 Å². The number of nitrogens with one attached hydrogen (secondary N) is 3. The number of Topliss-reactive ketones (excluding diaryl/α,β-unsaturated/α-hetero) is 2. The summed E-state index contributed by atoms with van der Waals surface area (Å²) in [7, 11) is 0. The Hall–Kier alpha value is -7.29. The predicted octanol–water partition coefficient (Wildman–Crippen LogP) is 4.21. The molecule has 0 radical (unpaired) electrons. The maximum Gasteiger partial charge on any atom is 0.243 e. The third-order valence-electron chi connectivity index (χ3n) is 10.3. The second kappa shape index (κ2) is 23.1. The molecular formula is C48H51F2N7O6. The predicted molar refractivity (Wildman–Crippen MR) is 236 cm³/mol. The molecule has 0 bridgehead atoms. The minimum atomic E-state index is -1.19. The van der Waals surface area contributed by atoms with Crippen LogP contribution >= 0.6 is 0 Å². The quantitative estimate of drug-likeness (QED) is 0.0399. The third-order valence-corrected chi connectivity index (χ3v) is 10.3. The summed E-state index contributed by atoms with van der Waals surface area (Å²) in [5, 5.41) is 8.28. The Kier molecular flexibility index (Phi) is 17.1. The summed E-state index contributed by atoms with van der Waals surface area (Å²) < 4.78 is 29.4. The lowest BCUT2D eigenvalue weighted by atomic mass is 9.93. The number of guanidine groups is 1. The average Bonchev–Trinajstić information content (AvgIpc) is 3.26. The first-order chi connectivity index (χ1) is 30.3. The van der Waals surface area contributed by atoms with Crippen LogP contribution in [-0.4, -0.2) is 83.8 Å². The molecule has 1 aliphatic rings. The van der Waals surface area contributed by atoms with Crippen LogP contribution in [0.25, 0.3) is 12.2 Å². The van der Waals surface area contributed by atoms with Crippen LogP contribution in [0.3, 0.4) is 0 Å². The number of nitrogens with zero attached hydrogens (tertiary/aromatic N) is 2. The van der Waals surface area contributed by atoms with Crippen LogP contribution in [-0.2, 0) is 41.6 Å². The van der Waals surface area contributed by atoms with Crippen molar-refractivity contribution in [2.45, 2.75) is 63.6 Å². The molecule has 63 heavy (non-hydrogen) atoms. The normalized spacial score (nSPS) is 15.2. The van der Waals surface area contributed by atoms with Crippen LogP contribution in [0.5, 0.6) is 0 Å². The highest BCUT2D eigenvalue weighted by atomic mass is 19.1. The minimum Gasteiger partial charge on any atom is -0.370 e. The molecule has 328 valence electrons. The van der Waals surface area contributed by atoms with E-state index in [1.54, 1.807) is 66.7 Å². The summed E-state index contributed by atoms with van der Waals surface area (Å²) in [5.74, 6) is -4.47. The zero-order chi connectivity index (χ0) is 45.3. The van der Waals surface area contributed by atoms with E-state index in [9.17, 15) is 37.5 Å². The van der Waals surface area contributed by atoms with Crippen LogP contribution in [0.15, 0.2) is 125 Å². The van der Waals surface area contributed by atoms with E-state index >= 15 is 0 Å². The first-order valence-electron chi connectivity index (χ1n) is 20.5. The number of rotatable bonds is 19. The lowest BCUT2D eigenvalue weighted by molar-refractivity contribution is -0.135. The standard InChI is InChI=1S/C48H51F2N7O6/c1-31(58)40(21-12-24-53-48(51)52)55-47(63)42(26-33-15-6-3-7-16-33)56-46(62)41(25-32-13-4-2-5-14-32)54-43(59)22-23-44(60)57-29-36(27-34-17-8-10-19-38(34)49)45(61)37(30-57)28-35-18-9-11-20-39(35)50/h2-11,13-20,27-28,40-42H,12,21-26,29-30H2,1H3,(H,54,59)(H,55,63)(H,56,62)(H4,51,52,53)/b36-27+,37-28+/t40-,41+,42-/m0/s1. The van der Waals surface area contributed by atoms with E-state index in [4.69, 9.17) is 11.5 Å². The molecule has 1 aliphatic heterocycles. The maximum atomic E-state index is 14.7. The maximum absolute atomic E-state index is 14.7. The molecule has 4 amide bonds. The fourth-order valence-electron chi connectivity index (χ4n) is 6.96. The molecule has 5 rings (SSSR count). The van der Waals surface area contributed by atoms with Crippen molar-refractivity contribution in [3.8, 4) is 0 Å². The number of benzene rings is 4. The van der Waals surface area contributed by atoms with E-state index in [0.717, 1.165) is 5.56 Å². The van der Waals surface area contributed by atoms with Crippen molar-refractivity contribution in [2.75, 3.05) is 19.6 Å². The molecule has 15 heteroatoms. The SMILES string of the molecule is CC(=O)[C@H](CCCN=C(N)N)NC(=O)[C@H](Cc1ccccc1)NC(=O)[C@@H](Cc1ccccc1)NC(=O)CCC(=O)N1C/C(=C\c2ccccc2F)C(=O)/C(=C/c2ccccc2F)C1. The van der Waals surface area contributed by atoms with Gasteiger partial charge in [0.05, 0.1) is 6.04 Å². The number of carbonyl (C=O) groups is 6. The van der Waals surface area contributed by atoms with E-state index in [1.807, 2.05) is 6.07 Å². The van der Waals surface area contributed by atoms with Gasteiger partial charge in [-0.1, -0.05) is 97.1 Å². The highest BCUT2D eigenvalue weighted by Gasteiger charge is 2.32. The minimum absolute atomic E-state index is 0.0372. The summed E-state index contributed by atoms with van der Waals surface area (Å²) in [6.45, 7) is 1.22. The molecule has 0 unspecified atom stereocenters. The zero-order valence-electron chi connectivity index (χ0n) is 34.9. The van der Waals surface area contributed by atoms with Gasteiger partial charge in [0.1, 0.15) is 23.7 Å². The van der Waals surface area contributed by atoms with Gasteiger partial charge in [0.25, 0.3) is 0 Å². The number of hydrogen-bond donors (Lipinski definition) is 5. The highest BCUT2D eigenvalue weighted by Crippen LogP contribution is 2.25. The van der Waals surface area contributed by atoms with Gasteiger partial charge in [-0.05, 0) is 55.2 Å². The lowest BCUT2D eigenvalue weighted by Gasteiger charge is -2.30. The van der Waals surface area contributed by atoms with Gasteiger partial charge in [-0.15, -0.1) is 0 Å². The Morgan fingerprint density at radius 1 is 0.667 bits per heavy atom. The summed E-state index contributed by atoms with van der Waals surface area (Å²) in [6, 6.07) is 26.3. The van der Waals surface area contributed by atoms with E-state index < -0.39 is 59.2 Å². The molecule has 0 spiro atoms. The summed E-state index contributed by atoms with van der Waals surface area (Å²) in [4.78, 5) is 86.8. The average molecular weight is 860 g/mol. The second-order valence-electron chi connectivity index (χ2n) is 15.1. The summed E-state index contributed by atoms with van der Waals surface area (Å²) >= 11 is 0. The molecule has 1 heterocycles. The Labute approximate surface area is 364 Å². The van der Waals surface area contributed by atoms with E-state index in [-0.39, 0.29) is 85.8 Å². The highest BCUT2D eigenvalue weighted by molar-refractivity contribution is 6.15. The van der Waals surface area contributed by atoms with Gasteiger partial charge in [0, 0.05) is 67.6 Å². The van der Waals surface area contributed by atoms with Gasteiger partial charge in [-0.3, -0.25) is 33.8 Å². The molecule has 4 aromatic rings. The van der Waals surface area contributed by atoms with Crippen molar-refractivity contribution in [3.63, 3.8) is 0 Å². The van der Waals surface area contributed by atoms with Gasteiger partial charge < -0.3 is 32.3 Å². The van der Waals surface area contributed by atoms with Crippen molar-refractivity contribution in [3.05, 3.63) is 154 Å². The Morgan fingerprint density at radius 2 is 1.13 bits per heavy atom. The number of ketones is 2. The molecule has 0 aliphatic carbocycles. The van der Waals surface area contributed by atoms with Crippen LogP contribution in [0, 0.1) is 11.6 Å². The number of amides is 4. The van der Waals surface area contributed by atoms with Crippen molar-refractivity contribution >= 4 is 53.3 Å². The van der Waals surface area contributed by atoms with Crippen molar-refractivity contribution < 1.29 is 37.5 Å². The summed E-state index contributed by atoms with van der Waals surface area (Å²) in [6.07, 6.45) is 2.78. The lowest BCUT2D eigenvalue weighted by Crippen LogP contribution is -2.56. The number of carbonyl (C=O) groups excluding carboxylic acids is 6. The van der Waals surface area contributed by atoms with Crippen molar-refractivity contribution in [1.29, 1.82) is 0 Å². The molecular weight excluding hydrogens is 809 g/mol. The number of aliphatic imine (C=N–C) groups is 1. The Morgan fingerprint density at radius 3 is 1.60 bits per heavy atom. The zero-order valence-corrected chi connectivity index (χ0v) is 34.9. The fraction of sp³-hybridized carbons (Fsp3) is 0.271. The molecule has 0 saturated carbocycles. The van der Waals surface area contributed by atoms with Crippen molar-refractivity contribution in [1.82, 2.24) is 20.9 Å². The first-order valence-corrected chi connectivity index (χ1v) is 20.5. The molecule has 7 N–H and O–H groups in total. The number of piperidine rings is 1. The van der Waals surface area contributed by atoms with Gasteiger partial charge in [0.15, 0.2) is 17.5 Å². The van der Waals surface area contributed by atoms with Crippen LogP contribution in [0.1, 0.15) is 54.9 Å². The van der Waals surface area contributed by atoms with Crippen molar-refractivity contribution in [2.24, 2.45) is 16.5 Å². The molecule has 13 nitrogen and oxygen atoms in total. The number of nitrogens with two attached hydrogens (primary N) is 2. The van der Waals surface area contributed by atoms with E-state index in [1.165, 1.54) is 60.4 Å². The van der Waals surface area contributed by atoms with Gasteiger partial charge >= 0.3 is 0 Å². The monoisotopic (exact) mass is 859 g/mol.